The number of hydrogen-bond acceptors (Lipinski definition) is 4. The van der Waals surface area contributed by atoms with Crippen molar-refractivity contribution in [3.05, 3.63) is 58.9 Å². The van der Waals surface area contributed by atoms with Crippen LogP contribution in [0.4, 0.5) is 0 Å². The Morgan fingerprint density at radius 2 is 2.06 bits per heavy atom. The molecule has 0 aromatic carbocycles. The Kier molecular flexibility index (Phi) is 8.08. The van der Waals surface area contributed by atoms with Crippen LogP contribution in [-0.4, -0.2) is 34.2 Å². The highest BCUT2D eigenvalue weighted by molar-refractivity contribution is 5.83. The maximum absolute atomic E-state index is 12.5. The number of rotatable bonds is 8. The van der Waals surface area contributed by atoms with Gasteiger partial charge in [-0.25, -0.2) is 0 Å². The van der Waals surface area contributed by atoms with E-state index in [1.165, 1.54) is 41.7 Å². The van der Waals surface area contributed by atoms with E-state index in [0.29, 0.717) is 37.6 Å². The number of Topliss-reactive ketones (excluding diaryl/α,β-unsaturated/α-hetero) is 1. The number of aliphatic hydroxyl groups is 2. The first-order chi connectivity index (χ1) is 15.9. The molecule has 4 rings (SSSR count). The Hall–Kier alpha value is -1.91. The molecular weight excluding hydrogens is 410 g/mol. The van der Waals surface area contributed by atoms with Crippen LogP contribution in [-0.2, 0) is 4.79 Å². The van der Waals surface area contributed by atoms with Gasteiger partial charge in [0.15, 0.2) is 5.78 Å². The van der Waals surface area contributed by atoms with Crippen LogP contribution in [0.2, 0.25) is 0 Å². The molecule has 0 aromatic rings. The summed E-state index contributed by atoms with van der Waals surface area (Å²) in [5.41, 5.74) is 6.99. The van der Waals surface area contributed by atoms with Gasteiger partial charge in [-0.15, -0.1) is 0 Å². The van der Waals surface area contributed by atoms with E-state index in [1.54, 1.807) is 5.57 Å². The van der Waals surface area contributed by atoms with Crippen molar-refractivity contribution in [2.45, 2.75) is 102 Å². The van der Waals surface area contributed by atoms with Gasteiger partial charge in [-0.2, -0.15) is 0 Å². The SMILES string of the molecule is C=C1CC2=C(CCC2)/C1=C(/C=C\C)NC1CCC(CC(O)C(=O)CC2C=CCC(O)C2)CC1. The molecule has 3 unspecified atom stereocenters. The molecule has 33 heavy (non-hydrogen) atoms. The third-order valence-electron chi connectivity index (χ3n) is 8.01. The van der Waals surface area contributed by atoms with Gasteiger partial charge in [-0.1, -0.05) is 30.4 Å². The average molecular weight is 452 g/mol. The van der Waals surface area contributed by atoms with Crippen LogP contribution in [0, 0.1) is 11.8 Å². The molecule has 4 aliphatic carbocycles. The molecule has 0 heterocycles. The van der Waals surface area contributed by atoms with Gasteiger partial charge in [-0.05, 0) is 107 Å². The fourth-order valence-corrected chi connectivity index (χ4v) is 6.29. The van der Waals surface area contributed by atoms with Gasteiger partial charge >= 0.3 is 0 Å². The molecule has 4 aliphatic rings. The van der Waals surface area contributed by atoms with Gasteiger partial charge < -0.3 is 15.5 Å². The summed E-state index contributed by atoms with van der Waals surface area (Å²) in [6.07, 6.45) is 18.2. The number of ketones is 1. The van der Waals surface area contributed by atoms with Crippen molar-refractivity contribution in [2.24, 2.45) is 11.8 Å². The smallest absolute Gasteiger partial charge is 0.161 e. The van der Waals surface area contributed by atoms with Crippen LogP contribution in [0.3, 0.4) is 0 Å². The molecule has 3 N–H and O–H groups in total. The van der Waals surface area contributed by atoms with Gasteiger partial charge in [0, 0.05) is 23.7 Å². The van der Waals surface area contributed by atoms with E-state index < -0.39 is 6.10 Å². The van der Waals surface area contributed by atoms with E-state index in [2.05, 4.69) is 31.0 Å². The van der Waals surface area contributed by atoms with E-state index in [-0.39, 0.29) is 17.8 Å². The van der Waals surface area contributed by atoms with Crippen LogP contribution in [0.25, 0.3) is 0 Å². The molecule has 0 amide bonds. The number of aliphatic hydroxyl groups excluding tert-OH is 2. The summed E-state index contributed by atoms with van der Waals surface area (Å²) < 4.78 is 0. The Labute approximate surface area is 199 Å². The third-order valence-corrected chi connectivity index (χ3v) is 8.01. The van der Waals surface area contributed by atoms with Crippen molar-refractivity contribution in [1.82, 2.24) is 5.32 Å². The fourth-order valence-electron chi connectivity index (χ4n) is 6.29. The third kappa shape index (κ3) is 5.96. The van der Waals surface area contributed by atoms with Gasteiger partial charge in [0.05, 0.1) is 6.10 Å². The zero-order chi connectivity index (χ0) is 23.4. The number of carbonyl (C=O) groups excluding carboxylic acids is 1. The quantitative estimate of drug-likeness (QED) is 0.430. The van der Waals surface area contributed by atoms with Gasteiger partial charge in [0.2, 0.25) is 0 Å². The van der Waals surface area contributed by atoms with Gasteiger partial charge in [-0.3, -0.25) is 4.79 Å². The molecule has 0 radical (unpaired) electrons. The molecule has 0 bridgehead atoms. The van der Waals surface area contributed by atoms with Crippen molar-refractivity contribution in [2.75, 3.05) is 0 Å². The standard InChI is InChI=1S/C29H41NO3/c1-3-6-26(29-19(2)15-22-8-5-10-25(22)29)30-23-13-11-20(12-14-23)17-27(32)28(33)18-21-7-4-9-24(31)16-21/h3-4,6-7,20-21,23-24,27,30-32H,2,5,8-18H2,1H3/b6-3-,29-26-. The summed E-state index contributed by atoms with van der Waals surface area (Å²) in [5.74, 6) is 0.395. The lowest BCUT2D eigenvalue weighted by Crippen LogP contribution is -2.34. The van der Waals surface area contributed by atoms with Crippen LogP contribution in [0.1, 0.15) is 84.0 Å². The molecule has 3 atom stereocenters. The lowest BCUT2D eigenvalue weighted by atomic mass is 9.81. The normalized spacial score (nSPS) is 32.4. The summed E-state index contributed by atoms with van der Waals surface area (Å²) in [6, 6.07) is 0.431. The lowest BCUT2D eigenvalue weighted by molar-refractivity contribution is -0.129. The molecule has 1 fully saturated rings. The van der Waals surface area contributed by atoms with E-state index in [9.17, 15) is 15.0 Å². The molecular formula is C29H41NO3. The Balaban J connectivity index is 1.28. The maximum Gasteiger partial charge on any atom is 0.161 e. The van der Waals surface area contributed by atoms with Crippen molar-refractivity contribution < 1.29 is 15.0 Å². The molecule has 0 spiro atoms. The molecule has 180 valence electrons. The highest BCUT2D eigenvalue weighted by atomic mass is 16.3. The predicted octanol–water partition coefficient (Wildman–Crippen LogP) is 5.44. The van der Waals surface area contributed by atoms with E-state index in [4.69, 9.17) is 0 Å². The van der Waals surface area contributed by atoms with Crippen molar-refractivity contribution in [1.29, 1.82) is 0 Å². The first-order valence-corrected chi connectivity index (χ1v) is 13.0. The van der Waals surface area contributed by atoms with Crippen LogP contribution in [0.15, 0.2) is 58.9 Å². The minimum atomic E-state index is -0.873. The van der Waals surface area contributed by atoms with E-state index in [0.717, 1.165) is 32.1 Å². The average Bonchev–Trinajstić information content (AvgIpc) is 3.35. The Bertz CT molecular complexity index is 869. The minimum absolute atomic E-state index is 0.0646. The van der Waals surface area contributed by atoms with E-state index in [1.807, 2.05) is 12.2 Å². The highest BCUT2D eigenvalue weighted by Crippen LogP contribution is 2.46. The second kappa shape index (κ2) is 11.0. The zero-order valence-corrected chi connectivity index (χ0v) is 20.2. The van der Waals surface area contributed by atoms with Crippen LogP contribution in [0.5, 0.6) is 0 Å². The Morgan fingerprint density at radius 3 is 2.79 bits per heavy atom. The lowest BCUT2D eigenvalue weighted by Gasteiger charge is -2.32. The van der Waals surface area contributed by atoms with Crippen LogP contribution < -0.4 is 5.32 Å². The van der Waals surface area contributed by atoms with Crippen molar-refractivity contribution in [3.8, 4) is 0 Å². The van der Waals surface area contributed by atoms with Gasteiger partial charge in [0.25, 0.3) is 0 Å². The number of carbonyl (C=O) groups is 1. The zero-order valence-electron chi connectivity index (χ0n) is 20.2. The predicted molar refractivity (Wildman–Crippen MR) is 133 cm³/mol. The summed E-state index contributed by atoms with van der Waals surface area (Å²) >= 11 is 0. The Morgan fingerprint density at radius 1 is 1.27 bits per heavy atom. The molecule has 0 aliphatic heterocycles. The molecule has 1 saturated carbocycles. The largest absolute Gasteiger partial charge is 0.393 e. The van der Waals surface area contributed by atoms with Gasteiger partial charge in [0.1, 0.15) is 6.10 Å². The first kappa shape index (κ1) is 24.2. The van der Waals surface area contributed by atoms with Crippen molar-refractivity contribution in [3.63, 3.8) is 0 Å². The number of nitrogens with one attached hydrogen (secondary N) is 1. The number of hydrogen-bond donors (Lipinski definition) is 3. The maximum atomic E-state index is 12.5. The molecule has 0 aromatic heterocycles. The summed E-state index contributed by atoms with van der Waals surface area (Å²) in [4.78, 5) is 12.5. The van der Waals surface area contributed by atoms with E-state index >= 15 is 0 Å². The fraction of sp³-hybridized carbons (Fsp3) is 0.621. The second-order valence-electron chi connectivity index (χ2n) is 10.6. The van der Waals surface area contributed by atoms with Crippen molar-refractivity contribution >= 4 is 5.78 Å². The molecule has 0 saturated heterocycles. The minimum Gasteiger partial charge on any atom is -0.393 e. The highest BCUT2D eigenvalue weighted by Gasteiger charge is 2.31. The summed E-state index contributed by atoms with van der Waals surface area (Å²) in [5, 5.41) is 24.2. The molecule has 4 nitrogen and oxygen atoms in total. The van der Waals surface area contributed by atoms with Crippen LogP contribution >= 0.6 is 0 Å². The molecule has 4 heteroatoms. The second-order valence-corrected chi connectivity index (χ2v) is 10.6. The summed E-state index contributed by atoms with van der Waals surface area (Å²) in [6.45, 7) is 6.44. The monoisotopic (exact) mass is 451 g/mol. The first-order valence-electron chi connectivity index (χ1n) is 13.0. The topological polar surface area (TPSA) is 69.6 Å². The number of allylic oxidation sites excluding steroid dienone is 7. The summed E-state index contributed by atoms with van der Waals surface area (Å²) in [7, 11) is 0.